The number of aliphatic hydroxyl groups is 1. The maximum atomic E-state index is 12.5. The van der Waals surface area contributed by atoms with Crippen LogP contribution in [0.5, 0.6) is 0 Å². The van der Waals surface area contributed by atoms with E-state index in [2.05, 4.69) is 11.9 Å². The predicted octanol–water partition coefficient (Wildman–Crippen LogP) is 0.502. The van der Waals surface area contributed by atoms with Gasteiger partial charge in [0.1, 0.15) is 17.7 Å². The third-order valence-corrected chi connectivity index (χ3v) is 3.24. The van der Waals surface area contributed by atoms with E-state index in [1.807, 2.05) is 0 Å². The Hall–Kier alpha value is -2.09. The third kappa shape index (κ3) is 5.55. The Bertz CT molecular complexity index is 485. The Balaban J connectivity index is 2.83. The van der Waals surface area contributed by atoms with Crippen molar-refractivity contribution in [2.75, 3.05) is 6.54 Å². The zero-order valence-corrected chi connectivity index (χ0v) is 13.6. The lowest BCUT2D eigenvalue weighted by molar-refractivity contribution is -0.149. The van der Waals surface area contributed by atoms with Gasteiger partial charge in [-0.1, -0.05) is 6.08 Å². The number of aliphatic hydroxyl groups excluding tert-OH is 1. The fourth-order valence-corrected chi connectivity index (χ4v) is 2.33. The number of carbonyl (C=O) groups is 3. The molecule has 1 fully saturated rings. The number of carboxylic acid groups (broad SMARTS) is 1. The number of hydrogen-bond acceptors (Lipinski definition) is 5. The van der Waals surface area contributed by atoms with E-state index in [-0.39, 0.29) is 19.4 Å². The fraction of sp³-hybridized carbons (Fsp3) is 0.667. The molecule has 8 nitrogen and oxygen atoms in total. The van der Waals surface area contributed by atoms with Crippen molar-refractivity contribution < 1.29 is 29.3 Å². The lowest BCUT2D eigenvalue weighted by Gasteiger charge is -2.27. The van der Waals surface area contributed by atoms with Crippen LogP contribution >= 0.6 is 0 Å². The van der Waals surface area contributed by atoms with E-state index in [4.69, 9.17) is 9.84 Å². The molecule has 0 spiro atoms. The molecule has 1 aliphatic rings. The molecule has 8 heteroatoms. The molecule has 0 aromatic heterocycles. The highest BCUT2D eigenvalue weighted by molar-refractivity contribution is 5.90. The highest BCUT2D eigenvalue weighted by Gasteiger charge is 2.41. The van der Waals surface area contributed by atoms with E-state index in [9.17, 15) is 19.5 Å². The van der Waals surface area contributed by atoms with Crippen LogP contribution in [0.3, 0.4) is 0 Å². The minimum atomic E-state index is -1.19. The zero-order valence-electron chi connectivity index (χ0n) is 13.6. The molecule has 3 atom stereocenters. The van der Waals surface area contributed by atoms with Gasteiger partial charge in [-0.25, -0.2) is 9.59 Å². The van der Waals surface area contributed by atoms with Gasteiger partial charge in [0.25, 0.3) is 0 Å². The number of β-amino-alcohol motifs (C(OH)–C–C–N with tert-alkyl or cyclic N) is 1. The van der Waals surface area contributed by atoms with E-state index in [0.29, 0.717) is 0 Å². The van der Waals surface area contributed by atoms with E-state index < -0.39 is 41.8 Å². The molecular weight excluding hydrogens is 304 g/mol. The molecule has 2 amide bonds. The van der Waals surface area contributed by atoms with E-state index in [1.54, 1.807) is 20.8 Å². The first-order valence-corrected chi connectivity index (χ1v) is 7.37. The number of aliphatic carboxylic acids is 1. The topological polar surface area (TPSA) is 116 Å². The Labute approximate surface area is 135 Å². The van der Waals surface area contributed by atoms with E-state index >= 15 is 0 Å². The van der Waals surface area contributed by atoms with Crippen LogP contribution in [-0.4, -0.2) is 63.4 Å². The fourth-order valence-electron chi connectivity index (χ4n) is 2.33. The number of amides is 2. The van der Waals surface area contributed by atoms with Gasteiger partial charge in [-0.15, -0.1) is 6.58 Å². The van der Waals surface area contributed by atoms with Crippen LogP contribution in [0.1, 0.15) is 33.6 Å². The number of ether oxygens (including phenoxy) is 1. The highest BCUT2D eigenvalue weighted by atomic mass is 16.6. The van der Waals surface area contributed by atoms with Crippen molar-refractivity contribution in [1.29, 1.82) is 0 Å². The summed E-state index contributed by atoms with van der Waals surface area (Å²) in [5, 5.41) is 21.2. The standard InChI is InChI=1S/C15H24N2O6/c1-5-6-10(16-14(22)23-15(2,3)4)12(19)17-8-9(18)7-11(17)13(20)21/h5,9-11,18H,1,6-8H2,2-4H3,(H,16,22)(H,20,21)/t9-,10+,11+/m1/s1. The first-order valence-electron chi connectivity index (χ1n) is 7.37. The van der Waals surface area contributed by atoms with Crippen LogP contribution in [-0.2, 0) is 14.3 Å². The minimum absolute atomic E-state index is 0.0334. The van der Waals surface area contributed by atoms with Gasteiger partial charge in [-0.3, -0.25) is 4.79 Å². The Kier molecular flexibility index (Phi) is 6.14. The van der Waals surface area contributed by atoms with Crippen molar-refractivity contribution in [1.82, 2.24) is 10.2 Å². The Morgan fingerprint density at radius 1 is 1.43 bits per heavy atom. The maximum absolute atomic E-state index is 12.5. The van der Waals surface area contributed by atoms with E-state index in [1.165, 1.54) is 6.08 Å². The number of likely N-dealkylation sites (tertiary alicyclic amines) is 1. The second kappa shape index (κ2) is 7.45. The van der Waals surface area contributed by atoms with Crippen LogP contribution < -0.4 is 5.32 Å². The normalized spacial score (nSPS) is 22.3. The number of carbonyl (C=O) groups excluding carboxylic acids is 2. The lowest BCUT2D eigenvalue weighted by atomic mass is 10.1. The van der Waals surface area contributed by atoms with Gasteiger partial charge in [0.15, 0.2) is 0 Å². The highest BCUT2D eigenvalue weighted by Crippen LogP contribution is 2.20. The molecule has 0 aliphatic carbocycles. The number of rotatable bonds is 5. The van der Waals surface area contributed by atoms with Crippen molar-refractivity contribution in [2.45, 2.75) is 57.4 Å². The third-order valence-electron chi connectivity index (χ3n) is 3.24. The average molecular weight is 328 g/mol. The maximum Gasteiger partial charge on any atom is 0.408 e. The van der Waals surface area contributed by atoms with Gasteiger partial charge >= 0.3 is 12.1 Å². The summed E-state index contributed by atoms with van der Waals surface area (Å²) >= 11 is 0. The van der Waals surface area contributed by atoms with Gasteiger partial charge < -0.3 is 25.2 Å². The van der Waals surface area contributed by atoms with Crippen molar-refractivity contribution >= 4 is 18.0 Å². The van der Waals surface area contributed by atoms with Gasteiger partial charge in [0, 0.05) is 13.0 Å². The summed E-state index contributed by atoms with van der Waals surface area (Å²) in [5.74, 6) is -1.77. The molecule has 0 unspecified atom stereocenters. The molecule has 1 aliphatic heterocycles. The summed E-state index contributed by atoms with van der Waals surface area (Å²) in [6, 6.07) is -2.10. The minimum Gasteiger partial charge on any atom is -0.480 e. The first kappa shape index (κ1) is 19.0. The van der Waals surface area contributed by atoms with Gasteiger partial charge in [-0.2, -0.15) is 0 Å². The van der Waals surface area contributed by atoms with Crippen LogP contribution in [0.4, 0.5) is 4.79 Å². The molecule has 0 aromatic carbocycles. The summed E-state index contributed by atoms with van der Waals surface area (Å²) in [5.41, 5.74) is -0.723. The SMILES string of the molecule is C=CC[C@H](NC(=O)OC(C)(C)C)C(=O)N1C[C@H](O)C[C@H]1C(=O)O. The molecule has 1 rings (SSSR count). The van der Waals surface area contributed by atoms with Crippen LogP contribution in [0.2, 0.25) is 0 Å². The average Bonchev–Trinajstić information content (AvgIpc) is 2.77. The number of nitrogens with one attached hydrogen (secondary N) is 1. The quantitative estimate of drug-likeness (QED) is 0.633. The van der Waals surface area contributed by atoms with Crippen molar-refractivity contribution in [2.24, 2.45) is 0 Å². The van der Waals surface area contributed by atoms with Crippen LogP contribution in [0.25, 0.3) is 0 Å². The Morgan fingerprint density at radius 2 is 2.04 bits per heavy atom. The van der Waals surface area contributed by atoms with Gasteiger partial charge in [0.2, 0.25) is 5.91 Å². The number of nitrogens with zero attached hydrogens (tertiary/aromatic N) is 1. The van der Waals surface area contributed by atoms with Crippen molar-refractivity contribution in [3.05, 3.63) is 12.7 Å². The summed E-state index contributed by atoms with van der Waals surface area (Å²) in [6.07, 6.45) is -0.136. The molecule has 0 aromatic rings. The second-order valence-electron chi connectivity index (χ2n) is 6.46. The van der Waals surface area contributed by atoms with E-state index in [0.717, 1.165) is 4.90 Å². The summed E-state index contributed by atoms with van der Waals surface area (Å²) in [6.45, 7) is 8.51. The van der Waals surface area contributed by atoms with Gasteiger partial charge in [0.05, 0.1) is 6.10 Å². The summed E-state index contributed by atoms with van der Waals surface area (Å²) in [7, 11) is 0. The largest absolute Gasteiger partial charge is 0.480 e. The van der Waals surface area contributed by atoms with Crippen molar-refractivity contribution in [3.63, 3.8) is 0 Å². The van der Waals surface area contributed by atoms with Crippen LogP contribution in [0.15, 0.2) is 12.7 Å². The monoisotopic (exact) mass is 328 g/mol. The second-order valence-corrected chi connectivity index (χ2v) is 6.46. The summed E-state index contributed by atoms with van der Waals surface area (Å²) in [4.78, 5) is 36.7. The molecule has 23 heavy (non-hydrogen) atoms. The molecule has 3 N–H and O–H groups in total. The zero-order chi connectivity index (χ0) is 17.8. The Morgan fingerprint density at radius 3 is 2.52 bits per heavy atom. The molecule has 1 saturated heterocycles. The molecule has 0 saturated carbocycles. The molecule has 0 bridgehead atoms. The molecule has 130 valence electrons. The molecule has 1 heterocycles. The predicted molar refractivity (Wildman–Crippen MR) is 81.7 cm³/mol. The lowest BCUT2D eigenvalue weighted by Crippen LogP contribution is -2.52. The summed E-state index contributed by atoms with van der Waals surface area (Å²) < 4.78 is 5.10. The number of carboxylic acids is 1. The number of alkyl carbamates (subject to hydrolysis) is 1. The van der Waals surface area contributed by atoms with Gasteiger partial charge in [-0.05, 0) is 27.2 Å². The smallest absolute Gasteiger partial charge is 0.408 e. The first-order chi connectivity index (χ1) is 10.5. The molecular formula is C15H24N2O6. The van der Waals surface area contributed by atoms with Crippen molar-refractivity contribution in [3.8, 4) is 0 Å². The number of hydrogen-bond donors (Lipinski definition) is 3. The molecule has 0 radical (unpaired) electrons. The van der Waals surface area contributed by atoms with Crippen LogP contribution in [0, 0.1) is 0 Å².